The number of hydrogen-bond acceptors (Lipinski definition) is 2. The molecule has 0 unspecified atom stereocenters. The van der Waals surface area contributed by atoms with Gasteiger partial charge in [0.15, 0.2) is 0 Å². The summed E-state index contributed by atoms with van der Waals surface area (Å²) >= 11 is 0. The van der Waals surface area contributed by atoms with Crippen LogP contribution in [-0.2, 0) is 13.1 Å². The average Bonchev–Trinajstić information content (AvgIpc) is 3.06. The van der Waals surface area contributed by atoms with E-state index in [1.165, 1.54) is 16.5 Å². The second-order valence-electron chi connectivity index (χ2n) is 4.51. The smallest absolute Gasteiger partial charge is 0.0949 e. The normalized spacial score (nSPS) is 10.7. The van der Waals surface area contributed by atoms with Crippen molar-refractivity contribution in [1.82, 2.24) is 14.1 Å². The molecule has 0 aliphatic carbocycles. The molecular weight excluding hydrogens is 236 g/mol. The lowest BCUT2D eigenvalue weighted by Gasteiger charge is -2.00. The van der Waals surface area contributed by atoms with Crippen LogP contribution in [0.3, 0.4) is 0 Å². The van der Waals surface area contributed by atoms with Crippen molar-refractivity contribution in [2.45, 2.75) is 19.5 Å². The van der Waals surface area contributed by atoms with Gasteiger partial charge in [0.2, 0.25) is 0 Å². The molecule has 94 valence electrons. The number of aromatic nitrogens is 3. The van der Waals surface area contributed by atoms with Gasteiger partial charge in [-0.2, -0.15) is 5.26 Å². The maximum absolute atomic E-state index is 8.74. The number of rotatable bonds is 4. The van der Waals surface area contributed by atoms with Crippen LogP contribution in [0.25, 0.3) is 10.9 Å². The lowest BCUT2D eigenvalue weighted by Crippen LogP contribution is -1.96. The molecule has 0 aliphatic rings. The highest BCUT2D eigenvalue weighted by atomic mass is 15.0. The van der Waals surface area contributed by atoms with Crippen molar-refractivity contribution in [2.75, 3.05) is 0 Å². The minimum atomic E-state index is 0.531. The van der Waals surface area contributed by atoms with Crippen LogP contribution in [-0.4, -0.2) is 14.1 Å². The molecule has 2 aromatic heterocycles. The second kappa shape index (κ2) is 4.99. The van der Waals surface area contributed by atoms with Crippen LogP contribution in [0.1, 0.15) is 12.0 Å². The molecule has 1 aromatic carbocycles. The molecule has 0 atom stereocenters. The quantitative estimate of drug-likeness (QED) is 0.714. The van der Waals surface area contributed by atoms with Crippen LogP contribution in [0.2, 0.25) is 0 Å². The predicted molar refractivity (Wildman–Crippen MR) is 73.5 cm³/mol. The molecule has 3 aromatic rings. The molecule has 0 amide bonds. The molecule has 4 heteroatoms. The Morgan fingerprint density at radius 2 is 2.16 bits per heavy atom. The Morgan fingerprint density at radius 3 is 2.95 bits per heavy atom. The molecule has 2 heterocycles. The standard InChI is InChI=1S/C15H14N4/c16-6-3-8-19-11-13(10-18-9-7-17-12-18)14-4-1-2-5-15(14)19/h1-2,4-5,7,9,11-12H,3,8,10H2. The number of hydrogen-bond donors (Lipinski definition) is 0. The summed E-state index contributed by atoms with van der Waals surface area (Å²) in [4.78, 5) is 4.07. The van der Waals surface area contributed by atoms with Crippen LogP contribution in [0.5, 0.6) is 0 Å². The molecule has 0 N–H and O–H groups in total. The van der Waals surface area contributed by atoms with Crippen molar-refractivity contribution in [3.63, 3.8) is 0 Å². The number of para-hydroxylation sites is 1. The highest BCUT2D eigenvalue weighted by Gasteiger charge is 2.08. The van der Waals surface area contributed by atoms with Crippen molar-refractivity contribution in [2.24, 2.45) is 0 Å². The van der Waals surface area contributed by atoms with Crippen LogP contribution >= 0.6 is 0 Å². The van der Waals surface area contributed by atoms with Gasteiger partial charge < -0.3 is 9.13 Å². The largest absolute Gasteiger partial charge is 0.346 e. The molecule has 0 spiro atoms. The maximum Gasteiger partial charge on any atom is 0.0949 e. The number of nitriles is 1. The van der Waals surface area contributed by atoms with Crippen LogP contribution in [0, 0.1) is 11.3 Å². The van der Waals surface area contributed by atoms with Gasteiger partial charge in [0.05, 0.1) is 25.4 Å². The zero-order valence-electron chi connectivity index (χ0n) is 10.5. The minimum absolute atomic E-state index is 0.531. The summed E-state index contributed by atoms with van der Waals surface area (Å²) in [6.07, 6.45) is 8.24. The van der Waals surface area contributed by atoms with Crippen LogP contribution < -0.4 is 0 Å². The van der Waals surface area contributed by atoms with E-state index in [0.29, 0.717) is 6.42 Å². The molecule has 3 rings (SSSR count). The van der Waals surface area contributed by atoms with Crippen molar-refractivity contribution in [3.8, 4) is 6.07 Å². The Hall–Kier alpha value is -2.54. The number of aryl methyl sites for hydroxylation is 1. The first-order valence-electron chi connectivity index (χ1n) is 6.28. The van der Waals surface area contributed by atoms with Crippen LogP contribution in [0.15, 0.2) is 49.2 Å². The summed E-state index contributed by atoms with van der Waals surface area (Å²) in [5, 5.41) is 9.98. The topological polar surface area (TPSA) is 46.5 Å². The van der Waals surface area contributed by atoms with E-state index in [0.717, 1.165) is 13.1 Å². The number of imidazole rings is 1. The summed E-state index contributed by atoms with van der Waals surface area (Å²) in [6.45, 7) is 1.54. The van der Waals surface area contributed by atoms with Gasteiger partial charge in [-0.05, 0) is 11.6 Å². The lowest BCUT2D eigenvalue weighted by molar-refractivity contribution is 0.732. The van der Waals surface area contributed by atoms with E-state index in [2.05, 4.69) is 38.5 Å². The lowest BCUT2D eigenvalue weighted by atomic mass is 10.2. The van der Waals surface area contributed by atoms with Gasteiger partial charge in [-0.3, -0.25) is 0 Å². The van der Waals surface area contributed by atoms with Gasteiger partial charge in [0.1, 0.15) is 0 Å². The average molecular weight is 250 g/mol. The second-order valence-corrected chi connectivity index (χ2v) is 4.51. The summed E-state index contributed by atoms with van der Waals surface area (Å²) in [5.74, 6) is 0. The highest BCUT2D eigenvalue weighted by Crippen LogP contribution is 2.22. The van der Waals surface area contributed by atoms with Crippen molar-refractivity contribution in [1.29, 1.82) is 5.26 Å². The summed E-state index contributed by atoms with van der Waals surface area (Å²) < 4.78 is 4.21. The van der Waals surface area contributed by atoms with E-state index in [9.17, 15) is 0 Å². The molecule has 0 fully saturated rings. The third-order valence-corrected chi connectivity index (χ3v) is 3.25. The van der Waals surface area contributed by atoms with Gasteiger partial charge in [-0.25, -0.2) is 4.98 Å². The Balaban J connectivity index is 2.02. The van der Waals surface area contributed by atoms with E-state index in [1.54, 1.807) is 6.20 Å². The predicted octanol–water partition coefficient (Wildman–Crippen LogP) is 2.80. The zero-order valence-corrected chi connectivity index (χ0v) is 10.5. The van der Waals surface area contributed by atoms with E-state index < -0.39 is 0 Å². The molecular formula is C15H14N4. The molecule has 0 aliphatic heterocycles. The van der Waals surface area contributed by atoms with Crippen molar-refractivity contribution in [3.05, 3.63) is 54.7 Å². The van der Waals surface area contributed by atoms with Crippen LogP contribution in [0.4, 0.5) is 0 Å². The van der Waals surface area contributed by atoms with E-state index in [1.807, 2.05) is 24.7 Å². The van der Waals surface area contributed by atoms with Gasteiger partial charge in [-0.1, -0.05) is 18.2 Å². The van der Waals surface area contributed by atoms with E-state index in [4.69, 9.17) is 5.26 Å². The van der Waals surface area contributed by atoms with Crippen molar-refractivity contribution < 1.29 is 0 Å². The molecule has 0 bridgehead atoms. The van der Waals surface area contributed by atoms with Gasteiger partial charge in [0.25, 0.3) is 0 Å². The van der Waals surface area contributed by atoms with Gasteiger partial charge in [-0.15, -0.1) is 0 Å². The highest BCUT2D eigenvalue weighted by molar-refractivity contribution is 5.84. The number of nitrogens with zero attached hydrogens (tertiary/aromatic N) is 4. The monoisotopic (exact) mass is 250 g/mol. The van der Waals surface area contributed by atoms with Gasteiger partial charge in [0, 0.05) is 36.0 Å². The summed E-state index contributed by atoms with van der Waals surface area (Å²) in [7, 11) is 0. The molecule has 19 heavy (non-hydrogen) atoms. The SMILES string of the molecule is N#CCCn1cc(Cn2ccnc2)c2ccccc21. The van der Waals surface area contributed by atoms with E-state index in [-0.39, 0.29) is 0 Å². The third-order valence-electron chi connectivity index (χ3n) is 3.25. The minimum Gasteiger partial charge on any atom is -0.346 e. The first-order valence-corrected chi connectivity index (χ1v) is 6.28. The summed E-state index contributed by atoms with van der Waals surface area (Å²) in [6, 6.07) is 10.5. The van der Waals surface area contributed by atoms with Crippen molar-refractivity contribution >= 4 is 10.9 Å². The fourth-order valence-corrected chi connectivity index (χ4v) is 2.38. The molecule has 4 nitrogen and oxygen atoms in total. The Morgan fingerprint density at radius 1 is 1.26 bits per heavy atom. The first kappa shape index (κ1) is 11.5. The Kier molecular flexibility index (Phi) is 3.03. The zero-order chi connectivity index (χ0) is 13.1. The fraction of sp³-hybridized carbons (Fsp3) is 0.200. The maximum atomic E-state index is 8.74. The molecule has 0 saturated heterocycles. The fourth-order valence-electron chi connectivity index (χ4n) is 2.38. The molecule has 0 radical (unpaired) electrons. The third kappa shape index (κ3) is 2.23. The van der Waals surface area contributed by atoms with E-state index >= 15 is 0 Å². The first-order chi connectivity index (χ1) is 9.38. The summed E-state index contributed by atoms with van der Waals surface area (Å²) in [5.41, 5.74) is 2.44. The van der Waals surface area contributed by atoms with Gasteiger partial charge >= 0.3 is 0 Å². The number of fused-ring (bicyclic) bond motifs is 1. The Labute approximate surface area is 111 Å². The number of benzene rings is 1. The molecule has 0 saturated carbocycles. The Bertz CT molecular complexity index is 716.